The van der Waals surface area contributed by atoms with Crippen molar-refractivity contribution in [3.63, 3.8) is 0 Å². The van der Waals surface area contributed by atoms with Gasteiger partial charge in [-0.2, -0.15) is 0 Å². The van der Waals surface area contributed by atoms with Crippen LogP contribution in [0.15, 0.2) is 57.7 Å². The molecule has 4 rings (SSSR count). The number of para-hydroxylation sites is 1. The fourth-order valence-corrected chi connectivity index (χ4v) is 3.76. The number of β-amino-alcohol motifs (C(OH)–C–C–N with tert-alkyl or cyclic N) is 1. The Balaban J connectivity index is 1.84. The van der Waals surface area contributed by atoms with E-state index in [9.17, 15) is 14.7 Å². The standard InChI is InChI=1S/C23H23NO5/c1-2-3-13-28-16-8-6-7-15(14-16)20-19-21(26)17-9-4-5-10-18(17)29-22(19)23(27)24(20)11-12-25/h4-10,14,20,25H,2-3,11-13H2,1H3/t20-/m1/s1. The fourth-order valence-electron chi connectivity index (χ4n) is 3.76. The Bertz CT molecular complexity index is 1100. The first-order valence-corrected chi connectivity index (χ1v) is 9.86. The van der Waals surface area contributed by atoms with Crippen molar-refractivity contribution in [1.82, 2.24) is 4.90 Å². The first-order chi connectivity index (χ1) is 14.2. The number of carbonyl (C=O) groups excluding carboxylic acids is 1. The minimum Gasteiger partial charge on any atom is -0.494 e. The van der Waals surface area contributed by atoms with Gasteiger partial charge in [0.05, 0.1) is 30.2 Å². The number of aliphatic hydroxyl groups is 1. The van der Waals surface area contributed by atoms with Crippen LogP contribution in [0.2, 0.25) is 0 Å². The number of unbranched alkanes of at least 4 members (excludes halogenated alkanes) is 1. The lowest BCUT2D eigenvalue weighted by molar-refractivity contribution is 0.0691. The van der Waals surface area contributed by atoms with E-state index in [2.05, 4.69) is 6.92 Å². The van der Waals surface area contributed by atoms with Crippen LogP contribution < -0.4 is 10.2 Å². The molecular formula is C23H23NO5. The zero-order valence-corrected chi connectivity index (χ0v) is 16.3. The molecular weight excluding hydrogens is 370 g/mol. The van der Waals surface area contributed by atoms with Crippen LogP contribution in [-0.4, -0.2) is 35.7 Å². The minimum absolute atomic E-state index is 0.0458. The number of hydrogen-bond acceptors (Lipinski definition) is 5. The average Bonchev–Trinajstić information content (AvgIpc) is 3.01. The second-order valence-electron chi connectivity index (χ2n) is 7.07. The van der Waals surface area contributed by atoms with Crippen molar-refractivity contribution in [1.29, 1.82) is 0 Å². The Labute approximate surface area is 168 Å². The highest BCUT2D eigenvalue weighted by molar-refractivity contribution is 5.99. The summed E-state index contributed by atoms with van der Waals surface area (Å²) in [6, 6.07) is 13.7. The SMILES string of the molecule is CCCCOc1cccc([C@@H]2c3c(oc4ccccc4c3=O)C(=O)N2CCO)c1. The largest absolute Gasteiger partial charge is 0.494 e. The molecule has 1 N–H and O–H groups in total. The molecule has 0 aliphatic carbocycles. The number of nitrogens with zero attached hydrogens (tertiary/aromatic N) is 1. The van der Waals surface area contributed by atoms with Gasteiger partial charge in [-0.1, -0.05) is 37.6 Å². The zero-order valence-electron chi connectivity index (χ0n) is 16.3. The third-order valence-electron chi connectivity index (χ3n) is 5.15. The van der Waals surface area contributed by atoms with Crippen LogP contribution in [0.3, 0.4) is 0 Å². The predicted molar refractivity (Wildman–Crippen MR) is 109 cm³/mol. The molecule has 0 saturated carbocycles. The average molecular weight is 393 g/mol. The van der Waals surface area contributed by atoms with Crippen LogP contribution in [0.4, 0.5) is 0 Å². The summed E-state index contributed by atoms with van der Waals surface area (Å²) in [5.41, 5.74) is 1.22. The number of ether oxygens (including phenoxy) is 1. The van der Waals surface area contributed by atoms with E-state index in [0.29, 0.717) is 28.9 Å². The summed E-state index contributed by atoms with van der Waals surface area (Å²) in [4.78, 5) is 27.8. The van der Waals surface area contributed by atoms with Crippen molar-refractivity contribution >= 4 is 16.9 Å². The molecule has 0 fully saturated rings. The summed E-state index contributed by atoms with van der Waals surface area (Å²) >= 11 is 0. The molecule has 1 aliphatic rings. The summed E-state index contributed by atoms with van der Waals surface area (Å²) in [6.45, 7) is 2.59. The van der Waals surface area contributed by atoms with Crippen molar-refractivity contribution < 1.29 is 19.1 Å². The molecule has 150 valence electrons. The number of hydrogen-bond donors (Lipinski definition) is 1. The van der Waals surface area contributed by atoms with E-state index in [4.69, 9.17) is 9.15 Å². The molecule has 0 unspecified atom stereocenters. The summed E-state index contributed by atoms with van der Waals surface area (Å²) in [7, 11) is 0. The minimum atomic E-state index is -0.625. The van der Waals surface area contributed by atoms with Crippen LogP contribution >= 0.6 is 0 Å². The Morgan fingerprint density at radius 1 is 1.14 bits per heavy atom. The second-order valence-corrected chi connectivity index (χ2v) is 7.07. The molecule has 0 bridgehead atoms. The van der Waals surface area contributed by atoms with Gasteiger partial charge >= 0.3 is 0 Å². The molecule has 1 atom stereocenters. The van der Waals surface area contributed by atoms with Crippen LogP contribution in [0, 0.1) is 0 Å². The highest BCUT2D eigenvalue weighted by atomic mass is 16.5. The van der Waals surface area contributed by atoms with Gasteiger partial charge in [0.15, 0.2) is 5.43 Å². The van der Waals surface area contributed by atoms with E-state index in [1.807, 2.05) is 24.3 Å². The van der Waals surface area contributed by atoms with Gasteiger partial charge in [-0.05, 0) is 36.2 Å². The van der Waals surface area contributed by atoms with E-state index >= 15 is 0 Å². The highest BCUT2D eigenvalue weighted by Gasteiger charge is 2.42. The monoisotopic (exact) mass is 393 g/mol. The van der Waals surface area contributed by atoms with E-state index in [0.717, 1.165) is 18.4 Å². The molecule has 1 aliphatic heterocycles. The zero-order chi connectivity index (χ0) is 20.4. The normalized spacial score (nSPS) is 15.7. The van der Waals surface area contributed by atoms with Gasteiger partial charge in [0.2, 0.25) is 5.76 Å². The topological polar surface area (TPSA) is 80.0 Å². The van der Waals surface area contributed by atoms with E-state index < -0.39 is 6.04 Å². The van der Waals surface area contributed by atoms with Gasteiger partial charge in [0.25, 0.3) is 5.91 Å². The first-order valence-electron chi connectivity index (χ1n) is 9.86. The summed E-state index contributed by atoms with van der Waals surface area (Å²) in [5.74, 6) is 0.342. The second kappa shape index (κ2) is 8.09. The number of aliphatic hydroxyl groups excluding tert-OH is 1. The molecule has 0 saturated heterocycles. The van der Waals surface area contributed by atoms with Gasteiger partial charge in [-0.3, -0.25) is 9.59 Å². The van der Waals surface area contributed by atoms with Crippen LogP contribution in [-0.2, 0) is 0 Å². The molecule has 1 amide bonds. The maximum Gasteiger partial charge on any atom is 0.290 e. The molecule has 0 spiro atoms. The molecule has 1 aromatic heterocycles. The smallest absolute Gasteiger partial charge is 0.290 e. The summed E-state index contributed by atoms with van der Waals surface area (Å²) in [5, 5.41) is 9.95. The van der Waals surface area contributed by atoms with Crippen LogP contribution in [0.5, 0.6) is 5.75 Å². The number of benzene rings is 2. The van der Waals surface area contributed by atoms with Gasteiger partial charge in [-0.15, -0.1) is 0 Å². The quantitative estimate of drug-likeness (QED) is 0.622. The third kappa shape index (κ3) is 3.40. The lowest BCUT2D eigenvalue weighted by atomic mass is 9.98. The molecule has 2 heterocycles. The van der Waals surface area contributed by atoms with E-state index in [1.54, 1.807) is 24.3 Å². The van der Waals surface area contributed by atoms with Crippen molar-refractivity contribution in [2.45, 2.75) is 25.8 Å². The van der Waals surface area contributed by atoms with Crippen molar-refractivity contribution in [3.8, 4) is 5.75 Å². The van der Waals surface area contributed by atoms with Gasteiger partial charge in [0, 0.05) is 6.54 Å². The molecule has 3 aromatic rings. The molecule has 29 heavy (non-hydrogen) atoms. The Morgan fingerprint density at radius 3 is 2.76 bits per heavy atom. The fraction of sp³-hybridized carbons (Fsp3) is 0.304. The lowest BCUT2D eigenvalue weighted by Crippen LogP contribution is -2.32. The first kappa shape index (κ1) is 19.2. The highest BCUT2D eigenvalue weighted by Crippen LogP contribution is 2.38. The van der Waals surface area contributed by atoms with Crippen LogP contribution in [0.25, 0.3) is 11.0 Å². The Hall–Kier alpha value is -3.12. The van der Waals surface area contributed by atoms with Crippen molar-refractivity contribution in [2.24, 2.45) is 0 Å². The van der Waals surface area contributed by atoms with E-state index in [-0.39, 0.29) is 30.2 Å². The summed E-state index contributed by atoms with van der Waals surface area (Å²) in [6.07, 6.45) is 1.98. The molecule has 0 radical (unpaired) electrons. The van der Waals surface area contributed by atoms with Gasteiger partial charge in [-0.25, -0.2) is 0 Å². The molecule has 6 nitrogen and oxygen atoms in total. The summed E-state index contributed by atoms with van der Waals surface area (Å²) < 4.78 is 11.6. The van der Waals surface area contributed by atoms with Crippen molar-refractivity contribution in [2.75, 3.05) is 19.8 Å². The van der Waals surface area contributed by atoms with Crippen molar-refractivity contribution in [3.05, 3.63) is 75.6 Å². The predicted octanol–water partition coefficient (Wildman–Crippen LogP) is 3.51. The Morgan fingerprint density at radius 2 is 1.97 bits per heavy atom. The number of carbonyl (C=O) groups is 1. The lowest BCUT2D eigenvalue weighted by Gasteiger charge is -2.24. The van der Waals surface area contributed by atoms with E-state index in [1.165, 1.54) is 4.90 Å². The number of fused-ring (bicyclic) bond motifs is 2. The van der Waals surface area contributed by atoms with Gasteiger partial charge < -0.3 is 19.2 Å². The number of amides is 1. The molecule has 2 aromatic carbocycles. The third-order valence-corrected chi connectivity index (χ3v) is 5.15. The maximum absolute atomic E-state index is 13.3. The Kier molecular flexibility index (Phi) is 5.36. The molecule has 6 heteroatoms. The maximum atomic E-state index is 13.3. The van der Waals surface area contributed by atoms with Gasteiger partial charge in [0.1, 0.15) is 11.3 Å². The van der Waals surface area contributed by atoms with Crippen LogP contribution in [0.1, 0.15) is 47.5 Å². The number of rotatable bonds is 7.